The van der Waals surface area contributed by atoms with Crippen LogP contribution in [0.3, 0.4) is 0 Å². The quantitative estimate of drug-likeness (QED) is 0.656. The van der Waals surface area contributed by atoms with Crippen molar-refractivity contribution in [2.45, 2.75) is 32.6 Å². The van der Waals surface area contributed by atoms with E-state index >= 15 is 0 Å². The number of nitrogens with zero attached hydrogens (tertiary/aromatic N) is 2. The molecular weight excluding hydrogens is 356 g/mol. The summed E-state index contributed by atoms with van der Waals surface area (Å²) in [5.74, 6) is 2.63. The van der Waals surface area contributed by atoms with Crippen LogP contribution in [0.4, 0.5) is 0 Å². The molecule has 1 aliphatic heterocycles. The molecule has 6 nitrogen and oxygen atoms in total. The van der Waals surface area contributed by atoms with E-state index in [0.717, 1.165) is 17.2 Å². The molecule has 2 heterocycles. The molecule has 1 unspecified atom stereocenters. The fourth-order valence-corrected chi connectivity index (χ4v) is 3.17. The van der Waals surface area contributed by atoms with Gasteiger partial charge in [-0.1, -0.05) is 36.4 Å². The molecule has 2 aromatic carbocycles. The van der Waals surface area contributed by atoms with Gasteiger partial charge in [-0.15, -0.1) is 0 Å². The van der Waals surface area contributed by atoms with Crippen molar-refractivity contribution < 1.29 is 18.7 Å². The van der Waals surface area contributed by atoms with Crippen LogP contribution in [0.25, 0.3) is 0 Å². The van der Waals surface area contributed by atoms with Crippen molar-refractivity contribution in [2.75, 3.05) is 6.54 Å². The second-order valence-electron chi connectivity index (χ2n) is 6.66. The van der Waals surface area contributed by atoms with Gasteiger partial charge in [0.05, 0.1) is 12.2 Å². The third-order valence-electron chi connectivity index (χ3n) is 4.60. The molecule has 0 radical (unpaired) electrons. The lowest BCUT2D eigenvalue weighted by Crippen LogP contribution is -2.43. The highest BCUT2D eigenvalue weighted by atomic mass is 16.5. The van der Waals surface area contributed by atoms with Gasteiger partial charge in [0.1, 0.15) is 17.3 Å². The number of amides is 1. The molecule has 0 bridgehead atoms. The minimum Gasteiger partial charge on any atom is -0.484 e. The largest absolute Gasteiger partial charge is 0.484 e. The number of aromatic nitrogens is 1. The molecule has 0 spiro atoms. The number of ether oxygens (including phenoxy) is 2. The molecule has 0 fully saturated rings. The minimum atomic E-state index is -0.562. The summed E-state index contributed by atoms with van der Waals surface area (Å²) >= 11 is 0. The highest BCUT2D eigenvalue weighted by molar-refractivity contribution is 5.81. The Labute approximate surface area is 163 Å². The first-order chi connectivity index (χ1) is 13.7. The highest BCUT2D eigenvalue weighted by Gasteiger charge is 2.29. The van der Waals surface area contributed by atoms with E-state index < -0.39 is 6.10 Å². The standard InChI is InChI=1S/C22H22N2O4/c1-16(27-18-10-6-3-7-11-18)22(25)24-13-12-19-20(14-24)28-21(23-19)15-26-17-8-4-2-5-9-17/h2-11,16H,12-15H2,1H3. The summed E-state index contributed by atoms with van der Waals surface area (Å²) in [7, 11) is 0. The lowest BCUT2D eigenvalue weighted by atomic mass is 10.1. The number of carbonyl (C=O) groups excluding carboxylic acids is 1. The van der Waals surface area contributed by atoms with Gasteiger partial charge in [-0.2, -0.15) is 0 Å². The van der Waals surface area contributed by atoms with E-state index in [1.54, 1.807) is 11.8 Å². The van der Waals surface area contributed by atoms with Gasteiger partial charge in [-0.05, 0) is 31.2 Å². The number of carbonyl (C=O) groups is 1. The van der Waals surface area contributed by atoms with E-state index in [1.165, 1.54) is 0 Å². The van der Waals surface area contributed by atoms with Crippen molar-refractivity contribution in [3.8, 4) is 11.5 Å². The fourth-order valence-electron chi connectivity index (χ4n) is 3.17. The maximum absolute atomic E-state index is 12.7. The molecule has 0 N–H and O–H groups in total. The highest BCUT2D eigenvalue weighted by Crippen LogP contribution is 2.22. The van der Waals surface area contributed by atoms with Crippen molar-refractivity contribution in [3.63, 3.8) is 0 Å². The molecule has 28 heavy (non-hydrogen) atoms. The van der Waals surface area contributed by atoms with Crippen LogP contribution in [0, 0.1) is 0 Å². The monoisotopic (exact) mass is 378 g/mol. The van der Waals surface area contributed by atoms with Crippen molar-refractivity contribution in [3.05, 3.63) is 78.0 Å². The molecule has 0 saturated heterocycles. The smallest absolute Gasteiger partial charge is 0.263 e. The predicted molar refractivity (Wildman–Crippen MR) is 103 cm³/mol. The van der Waals surface area contributed by atoms with E-state index in [2.05, 4.69) is 4.98 Å². The van der Waals surface area contributed by atoms with E-state index in [4.69, 9.17) is 13.9 Å². The number of rotatable bonds is 6. The number of hydrogen-bond acceptors (Lipinski definition) is 5. The topological polar surface area (TPSA) is 64.8 Å². The Morgan fingerprint density at radius 3 is 2.50 bits per heavy atom. The Hall–Kier alpha value is -3.28. The second kappa shape index (κ2) is 8.17. The number of para-hydroxylation sites is 2. The number of benzene rings is 2. The summed E-state index contributed by atoms with van der Waals surface area (Å²) < 4.78 is 17.3. The van der Waals surface area contributed by atoms with Gasteiger partial charge in [0.15, 0.2) is 12.7 Å². The van der Waals surface area contributed by atoms with E-state index in [9.17, 15) is 4.79 Å². The van der Waals surface area contributed by atoms with Gasteiger partial charge in [0.2, 0.25) is 5.89 Å². The third kappa shape index (κ3) is 4.17. The first-order valence-corrected chi connectivity index (χ1v) is 9.35. The summed E-state index contributed by atoms with van der Waals surface area (Å²) in [6.07, 6.45) is 0.0984. The SMILES string of the molecule is CC(Oc1ccccc1)C(=O)N1CCc2nc(COc3ccccc3)oc2C1. The maximum atomic E-state index is 12.7. The van der Waals surface area contributed by atoms with E-state index in [0.29, 0.717) is 31.2 Å². The fraction of sp³-hybridized carbons (Fsp3) is 0.273. The van der Waals surface area contributed by atoms with Crippen LogP contribution in [0.15, 0.2) is 65.1 Å². The summed E-state index contributed by atoms with van der Waals surface area (Å²) in [5.41, 5.74) is 0.896. The van der Waals surface area contributed by atoms with Crippen LogP contribution in [0.2, 0.25) is 0 Å². The average molecular weight is 378 g/mol. The van der Waals surface area contributed by atoms with Gasteiger partial charge in [-0.25, -0.2) is 4.98 Å². The zero-order valence-corrected chi connectivity index (χ0v) is 15.7. The lowest BCUT2D eigenvalue weighted by molar-refractivity contribution is -0.139. The summed E-state index contributed by atoms with van der Waals surface area (Å²) in [6.45, 7) is 3.03. The average Bonchev–Trinajstić information content (AvgIpc) is 3.15. The van der Waals surface area contributed by atoms with Gasteiger partial charge < -0.3 is 18.8 Å². The molecule has 1 aliphatic rings. The Bertz CT molecular complexity index is 924. The Balaban J connectivity index is 1.36. The summed E-state index contributed by atoms with van der Waals surface area (Å²) in [6, 6.07) is 18.9. The molecule has 4 rings (SSSR count). The summed E-state index contributed by atoms with van der Waals surface area (Å²) in [5, 5.41) is 0. The van der Waals surface area contributed by atoms with E-state index in [1.807, 2.05) is 60.7 Å². The zero-order chi connectivity index (χ0) is 19.3. The van der Waals surface area contributed by atoms with Crippen molar-refractivity contribution in [1.82, 2.24) is 9.88 Å². The third-order valence-corrected chi connectivity index (χ3v) is 4.60. The van der Waals surface area contributed by atoms with Crippen LogP contribution in [0.1, 0.15) is 24.3 Å². The van der Waals surface area contributed by atoms with Gasteiger partial charge in [-0.3, -0.25) is 4.79 Å². The van der Waals surface area contributed by atoms with Gasteiger partial charge in [0, 0.05) is 13.0 Å². The molecule has 1 atom stereocenters. The second-order valence-corrected chi connectivity index (χ2v) is 6.66. The van der Waals surface area contributed by atoms with Crippen LogP contribution in [-0.4, -0.2) is 28.4 Å². The lowest BCUT2D eigenvalue weighted by Gasteiger charge is -2.28. The molecule has 6 heteroatoms. The normalized spacial score (nSPS) is 14.2. The van der Waals surface area contributed by atoms with E-state index in [-0.39, 0.29) is 12.5 Å². The molecule has 1 aromatic heterocycles. The number of oxazole rings is 1. The molecule has 144 valence electrons. The van der Waals surface area contributed by atoms with Gasteiger partial charge in [0.25, 0.3) is 5.91 Å². The predicted octanol–water partition coefficient (Wildman–Crippen LogP) is 3.61. The Kier molecular flexibility index (Phi) is 5.28. The first-order valence-electron chi connectivity index (χ1n) is 9.35. The molecule has 3 aromatic rings. The first kappa shape index (κ1) is 18.1. The van der Waals surface area contributed by atoms with Crippen molar-refractivity contribution >= 4 is 5.91 Å². The Morgan fingerprint density at radius 1 is 1.11 bits per heavy atom. The van der Waals surface area contributed by atoms with Crippen LogP contribution < -0.4 is 9.47 Å². The molecule has 0 aliphatic carbocycles. The Morgan fingerprint density at radius 2 is 1.79 bits per heavy atom. The molecule has 1 amide bonds. The maximum Gasteiger partial charge on any atom is 0.263 e. The van der Waals surface area contributed by atoms with Crippen molar-refractivity contribution in [1.29, 1.82) is 0 Å². The zero-order valence-electron chi connectivity index (χ0n) is 15.7. The van der Waals surface area contributed by atoms with Crippen molar-refractivity contribution in [2.24, 2.45) is 0 Å². The minimum absolute atomic E-state index is 0.0620. The van der Waals surface area contributed by atoms with Crippen LogP contribution in [-0.2, 0) is 24.4 Å². The van der Waals surface area contributed by atoms with Gasteiger partial charge >= 0.3 is 0 Å². The molecule has 0 saturated carbocycles. The number of fused-ring (bicyclic) bond motifs is 1. The summed E-state index contributed by atoms with van der Waals surface area (Å²) in [4.78, 5) is 19.0. The van der Waals surface area contributed by atoms with Crippen LogP contribution >= 0.6 is 0 Å². The number of hydrogen-bond donors (Lipinski definition) is 0. The van der Waals surface area contributed by atoms with Crippen LogP contribution in [0.5, 0.6) is 11.5 Å². The molecular formula is C22H22N2O4.